The molecule has 1 nitrogen and oxygen atoms in total. The Morgan fingerprint density at radius 1 is 1.06 bits per heavy atom. The molecule has 3 heteroatoms. The van der Waals surface area contributed by atoms with Crippen LogP contribution in [0.1, 0.15) is 5.56 Å². The van der Waals surface area contributed by atoms with Gasteiger partial charge < -0.3 is 5.73 Å². The molecule has 2 N–H and O–H groups in total. The summed E-state index contributed by atoms with van der Waals surface area (Å²) < 4.78 is 1.09. The van der Waals surface area contributed by atoms with Crippen molar-refractivity contribution < 1.29 is 0 Å². The molecule has 0 aromatic heterocycles. The quantitative estimate of drug-likeness (QED) is 0.924. The molecule has 0 unspecified atom stereocenters. The number of hydrogen-bond donors (Lipinski definition) is 1. The van der Waals surface area contributed by atoms with E-state index in [2.05, 4.69) is 40.2 Å². The van der Waals surface area contributed by atoms with Crippen LogP contribution >= 0.6 is 27.7 Å². The fourth-order valence-electron chi connectivity index (χ4n) is 1.41. The molecule has 82 valence electrons. The highest BCUT2D eigenvalue weighted by atomic mass is 79.9. The molecule has 0 heterocycles. The highest BCUT2D eigenvalue weighted by Gasteiger charge is 2.03. The molecular weight excluding hydrogens is 282 g/mol. The van der Waals surface area contributed by atoms with Crippen LogP contribution < -0.4 is 5.73 Å². The van der Waals surface area contributed by atoms with Gasteiger partial charge in [0.1, 0.15) is 0 Å². The van der Waals surface area contributed by atoms with Crippen LogP contribution in [0, 0.1) is 0 Å². The second-order valence-corrected chi connectivity index (χ2v) is 5.40. The van der Waals surface area contributed by atoms with E-state index < -0.39 is 0 Å². The molecule has 0 aliphatic rings. The molecule has 2 aromatic rings. The second-order valence-electron chi connectivity index (χ2n) is 3.37. The van der Waals surface area contributed by atoms with Crippen molar-refractivity contribution in [3.63, 3.8) is 0 Å². The summed E-state index contributed by atoms with van der Waals surface area (Å²) in [5.41, 5.74) is 6.90. The summed E-state index contributed by atoms with van der Waals surface area (Å²) in [4.78, 5) is 2.44. The Kier molecular flexibility index (Phi) is 4.04. The molecule has 0 amide bonds. The van der Waals surface area contributed by atoms with E-state index in [1.165, 1.54) is 15.4 Å². The highest BCUT2D eigenvalue weighted by Crippen LogP contribution is 2.32. The second kappa shape index (κ2) is 5.53. The summed E-state index contributed by atoms with van der Waals surface area (Å²) >= 11 is 5.23. The van der Waals surface area contributed by atoms with Gasteiger partial charge in [0, 0.05) is 20.8 Å². The standard InChI is InChI=1S/C13H12BrNS/c14-11-7-6-10(9-15)13(8-11)16-12-4-2-1-3-5-12/h1-8H,9,15H2. The van der Waals surface area contributed by atoms with E-state index in [9.17, 15) is 0 Å². The normalized spacial score (nSPS) is 10.4. The Morgan fingerprint density at radius 3 is 2.50 bits per heavy atom. The van der Waals surface area contributed by atoms with Gasteiger partial charge in [-0.25, -0.2) is 0 Å². The lowest BCUT2D eigenvalue weighted by Gasteiger charge is -2.07. The molecular formula is C13H12BrNS. The third-order valence-electron chi connectivity index (χ3n) is 2.22. The minimum atomic E-state index is 0.572. The summed E-state index contributed by atoms with van der Waals surface area (Å²) in [5.74, 6) is 0. The van der Waals surface area contributed by atoms with Gasteiger partial charge in [-0.15, -0.1) is 0 Å². The molecule has 0 saturated carbocycles. The van der Waals surface area contributed by atoms with Crippen LogP contribution in [0.15, 0.2) is 62.8 Å². The third-order valence-corrected chi connectivity index (χ3v) is 3.82. The highest BCUT2D eigenvalue weighted by molar-refractivity contribution is 9.10. The van der Waals surface area contributed by atoms with Gasteiger partial charge in [0.25, 0.3) is 0 Å². The monoisotopic (exact) mass is 293 g/mol. The van der Waals surface area contributed by atoms with Crippen LogP contribution in [-0.2, 0) is 6.54 Å². The van der Waals surface area contributed by atoms with Crippen LogP contribution in [0.2, 0.25) is 0 Å². The van der Waals surface area contributed by atoms with Crippen LogP contribution in [-0.4, -0.2) is 0 Å². The molecule has 0 aliphatic heterocycles. The summed E-state index contributed by atoms with van der Waals surface area (Å²) in [6, 6.07) is 16.5. The Morgan fingerprint density at radius 2 is 1.81 bits per heavy atom. The maximum atomic E-state index is 5.73. The van der Waals surface area contributed by atoms with Crippen LogP contribution in [0.3, 0.4) is 0 Å². The average molecular weight is 294 g/mol. The van der Waals surface area contributed by atoms with Crippen molar-refractivity contribution in [2.75, 3.05) is 0 Å². The zero-order valence-electron chi connectivity index (χ0n) is 8.69. The third kappa shape index (κ3) is 2.88. The van der Waals surface area contributed by atoms with E-state index in [1.54, 1.807) is 11.8 Å². The molecule has 2 aromatic carbocycles. The van der Waals surface area contributed by atoms with Crippen molar-refractivity contribution in [3.05, 3.63) is 58.6 Å². The smallest absolute Gasteiger partial charge is 0.0189 e. The first kappa shape index (κ1) is 11.7. The van der Waals surface area contributed by atoms with Crippen molar-refractivity contribution in [2.45, 2.75) is 16.3 Å². The van der Waals surface area contributed by atoms with Crippen molar-refractivity contribution >= 4 is 27.7 Å². The van der Waals surface area contributed by atoms with Crippen LogP contribution in [0.5, 0.6) is 0 Å². The zero-order valence-corrected chi connectivity index (χ0v) is 11.1. The minimum absolute atomic E-state index is 0.572. The Bertz CT molecular complexity index is 471. The SMILES string of the molecule is NCc1ccc(Br)cc1Sc1ccccc1. The predicted octanol–water partition coefficient (Wildman–Crippen LogP) is 4.06. The van der Waals surface area contributed by atoms with Crippen molar-refractivity contribution in [3.8, 4) is 0 Å². The van der Waals surface area contributed by atoms with Gasteiger partial charge >= 0.3 is 0 Å². The lowest BCUT2D eigenvalue weighted by molar-refractivity contribution is 1.02. The van der Waals surface area contributed by atoms with Gasteiger partial charge in [-0.05, 0) is 29.8 Å². The Hall–Kier alpha value is -0.770. The molecule has 2 rings (SSSR count). The van der Waals surface area contributed by atoms with E-state index in [0.717, 1.165) is 4.47 Å². The first-order valence-corrected chi connectivity index (χ1v) is 6.62. The van der Waals surface area contributed by atoms with E-state index in [1.807, 2.05) is 24.3 Å². The first-order valence-electron chi connectivity index (χ1n) is 5.01. The van der Waals surface area contributed by atoms with E-state index in [0.29, 0.717) is 6.54 Å². The van der Waals surface area contributed by atoms with Crippen molar-refractivity contribution in [2.24, 2.45) is 5.73 Å². The van der Waals surface area contributed by atoms with Crippen molar-refractivity contribution in [1.29, 1.82) is 0 Å². The van der Waals surface area contributed by atoms with Gasteiger partial charge in [0.15, 0.2) is 0 Å². The summed E-state index contributed by atoms with van der Waals surface area (Å²) in [6.07, 6.45) is 0. The summed E-state index contributed by atoms with van der Waals surface area (Å²) in [6.45, 7) is 0.572. The van der Waals surface area contributed by atoms with Gasteiger partial charge in [-0.1, -0.05) is 52.0 Å². The van der Waals surface area contributed by atoms with Gasteiger partial charge in [-0.2, -0.15) is 0 Å². The lowest BCUT2D eigenvalue weighted by Crippen LogP contribution is -1.97. The fourth-order valence-corrected chi connectivity index (χ4v) is 2.94. The number of halogens is 1. The molecule has 0 saturated heterocycles. The molecule has 16 heavy (non-hydrogen) atoms. The lowest BCUT2D eigenvalue weighted by atomic mass is 10.2. The first-order chi connectivity index (χ1) is 7.79. The number of nitrogens with two attached hydrogens (primary N) is 1. The van der Waals surface area contributed by atoms with E-state index in [-0.39, 0.29) is 0 Å². The molecule has 0 fully saturated rings. The molecule has 0 aliphatic carbocycles. The van der Waals surface area contributed by atoms with Crippen LogP contribution in [0.4, 0.5) is 0 Å². The predicted molar refractivity (Wildman–Crippen MR) is 72.6 cm³/mol. The Labute approximate surface area is 108 Å². The zero-order chi connectivity index (χ0) is 11.4. The molecule has 0 atom stereocenters. The maximum Gasteiger partial charge on any atom is 0.0189 e. The summed E-state index contributed by atoms with van der Waals surface area (Å²) in [5, 5.41) is 0. The maximum absolute atomic E-state index is 5.73. The van der Waals surface area contributed by atoms with Gasteiger partial charge in [-0.3, -0.25) is 0 Å². The molecule has 0 radical (unpaired) electrons. The van der Waals surface area contributed by atoms with E-state index >= 15 is 0 Å². The molecule has 0 bridgehead atoms. The molecule has 0 spiro atoms. The van der Waals surface area contributed by atoms with E-state index in [4.69, 9.17) is 5.73 Å². The average Bonchev–Trinajstić information content (AvgIpc) is 2.31. The number of hydrogen-bond acceptors (Lipinski definition) is 2. The fraction of sp³-hybridized carbons (Fsp3) is 0.0769. The van der Waals surface area contributed by atoms with Gasteiger partial charge in [0.05, 0.1) is 0 Å². The number of benzene rings is 2. The topological polar surface area (TPSA) is 26.0 Å². The van der Waals surface area contributed by atoms with Crippen LogP contribution in [0.25, 0.3) is 0 Å². The van der Waals surface area contributed by atoms with Crippen molar-refractivity contribution in [1.82, 2.24) is 0 Å². The largest absolute Gasteiger partial charge is 0.326 e. The Balaban J connectivity index is 2.30. The number of rotatable bonds is 3. The van der Waals surface area contributed by atoms with Gasteiger partial charge in [0.2, 0.25) is 0 Å². The minimum Gasteiger partial charge on any atom is -0.326 e. The summed E-state index contributed by atoms with van der Waals surface area (Å²) in [7, 11) is 0.